The van der Waals surface area contributed by atoms with Gasteiger partial charge in [-0.1, -0.05) is 6.92 Å². The van der Waals surface area contributed by atoms with E-state index in [9.17, 15) is 8.42 Å². The van der Waals surface area contributed by atoms with Gasteiger partial charge < -0.3 is 5.32 Å². The monoisotopic (exact) mass is 316 g/mol. The van der Waals surface area contributed by atoms with Crippen LogP contribution in [-0.4, -0.2) is 53.1 Å². The molecular formula is C12H20N4O2S2. The van der Waals surface area contributed by atoms with Gasteiger partial charge in [0.2, 0.25) is 0 Å². The van der Waals surface area contributed by atoms with Gasteiger partial charge >= 0.3 is 0 Å². The highest BCUT2D eigenvalue weighted by Crippen LogP contribution is 2.25. The van der Waals surface area contributed by atoms with Crippen LogP contribution in [0.25, 0.3) is 0 Å². The summed E-state index contributed by atoms with van der Waals surface area (Å²) in [6.45, 7) is 3.77. The Balaban J connectivity index is 1.77. The third-order valence-corrected chi connectivity index (χ3v) is 6.66. The van der Waals surface area contributed by atoms with Crippen molar-refractivity contribution in [1.29, 1.82) is 0 Å². The van der Waals surface area contributed by atoms with Gasteiger partial charge in [0.15, 0.2) is 5.03 Å². The molecule has 0 aromatic carbocycles. The van der Waals surface area contributed by atoms with Crippen LogP contribution in [0.3, 0.4) is 0 Å². The third-order valence-electron chi connectivity index (χ3n) is 3.64. The molecular weight excluding hydrogens is 296 g/mol. The number of rotatable bonds is 5. The molecule has 0 amide bonds. The first kappa shape index (κ1) is 14.4. The Morgan fingerprint density at radius 1 is 1.55 bits per heavy atom. The average Bonchev–Trinajstić information content (AvgIpc) is 3.12. The second kappa shape index (κ2) is 5.67. The Hall–Kier alpha value is -0.570. The van der Waals surface area contributed by atoms with E-state index in [1.807, 2.05) is 11.8 Å². The van der Waals surface area contributed by atoms with Crippen molar-refractivity contribution >= 4 is 21.8 Å². The molecule has 1 unspecified atom stereocenters. The molecule has 112 valence electrons. The fourth-order valence-electron chi connectivity index (χ4n) is 2.32. The van der Waals surface area contributed by atoms with E-state index in [0.29, 0.717) is 30.9 Å². The number of nitrogens with one attached hydrogen (secondary N) is 2. The van der Waals surface area contributed by atoms with Crippen LogP contribution in [0.15, 0.2) is 11.2 Å². The summed E-state index contributed by atoms with van der Waals surface area (Å²) in [6.07, 6.45) is 3.98. The molecule has 1 aromatic heterocycles. The Morgan fingerprint density at radius 2 is 2.35 bits per heavy atom. The van der Waals surface area contributed by atoms with Gasteiger partial charge in [0.1, 0.15) is 0 Å². The van der Waals surface area contributed by atoms with Crippen molar-refractivity contribution in [3.8, 4) is 0 Å². The Kier molecular flexibility index (Phi) is 4.07. The summed E-state index contributed by atoms with van der Waals surface area (Å²) >= 11 is 1.82. The fourth-order valence-corrected chi connectivity index (χ4v) is 5.18. The quantitative estimate of drug-likeness (QED) is 0.840. The number of aromatic amines is 1. The molecule has 0 radical (unpaired) electrons. The van der Waals surface area contributed by atoms with Crippen LogP contribution < -0.4 is 5.32 Å². The average molecular weight is 316 g/mol. The van der Waals surface area contributed by atoms with Crippen LogP contribution in [0.2, 0.25) is 0 Å². The molecule has 1 saturated carbocycles. The molecule has 1 aliphatic carbocycles. The van der Waals surface area contributed by atoms with E-state index in [1.165, 1.54) is 12.8 Å². The first-order valence-electron chi connectivity index (χ1n) is 6.95. The van der Waals surface area contributed by atoms with Crippen LogP contribution in [0.4, 0.5) is 0 Å². The van der Waals surface area contributed by atoms with E-state index >= 15 is 0 Å². The number of H-pyrrole nitrogens is 1. The predicted molar refractivity (Wildman–Crippen MR) is 79.1 cm³/mol. The minimum absolute atomic E-state index is 0.254. The van der Waals surface area contributed by atoms with Crippen LogP contribution in [0, 0.1) is 0 Å². The molecule has 1 atom stereocenters. The van der Waals surface area contributed by atoms with E-state index < -0.39 is 10.0 Å². The van der Waals surface area contributed by atoms with Gasteiger partial charge in [-0.25, -0.2) is 8.42 Å². The molecule has 3 rings (SSSR count). The maximum Gasteiger partial charge on any atom is 0.260 e. The van der Waals surface area contributed by atoms with E-state index in [4.69, 9.17) is 0 Å². The molecule has 8 heteroatoms. The first-order chi connectivity index (χ1) is 9.57. The zero-order chi connectivity index (χ0) is 14.2. The summed E-state index contributed by atoms with van der Waals surface area (Å²) in [5.41, 5.74) is 0.739. The molecule has 2 aliphatic rings. The van der Waals surface area contributed by atoms with Crippen LogP contribution in [0.5, 0.6) is 0 Å². The van der Waals surface area contributed by atoms with Crippen LogP contribution in [-0.2, 0) is 16.6 Å². The molecule has 1 aliphatic heterocycles. The van der Waals surface area contributed by atoms with Crippen LogP contribution >= 0.6 is 11.8 Å². The predicted octanol–water partition coefficient (Wildman–Crippen LogP) is 0.788. The lowest BCUT2D eigenvalue weighted by Gasteiger charge is -2.29. The SMILES string of the molecule is CC1CN(S(=O)(=O)c2[nH]ncc2CNC2CC2)CCS1. The number of hydrogen-bond donors (Lipinski definition) is 2. The number of hydrogen-bond acceptors (Lipinski definition) is 5. The molecule has 2 fully saturated rings. The van der Waals surface area contributed by atoms with Crippen molar-refractivity contribution in [3.05, 3.63) is 11.8 Å². The smallest absolute Gasteiger partial charge is 0.260 e. The topological polar surface area (TPSA) is 78.1 Å². The van der Waals surface area contributed by atoms with Crippen molar-refractivity contribution in [2.75, 3.05) is 18.8 Å². The van der Waals surface area contributed by atoms with Gasteiger partial charge in [0, 0.05) is 42.2 Å². The highest BCUT2D eigenvalue weighted by molar-refractivity contribution is 8.00. The first-order valence-corrected chi connectivity index (χ1v) is 9.43. The molecule has 6 nitrogen and oxygen atoms in total. The molecule has 0 spiro atoms. The summed E-state index contributed by atoms with van der Waals surface area (Å²) in [5, 5.41) is 10.5. The number of nitrogens with zero attached hydrogens (tertiary/aromatic N) is 2. The Labute approximate surface area is 123 Å². The largest absolute Gasteiger partial charge is 0.310 e. The fraction of sp³-hybridized carbons (Fsp3) is 0.750. The summed E-state index contributed by atoms with van der Waals surface area (Å²) in [6, 6.07) is 0.548. The van der Waals surface area contributed by atoms with Crippen molar-refractivity contribution in [2.45, 2.75) is 42.6 Å². The molecule has 2 N–H and O–H groups in total. The minimum Gasteiger partial charge on any atom is -0.310 e. The Morgan fingerprint density at radius 3 is 3.05 bits per heavy atom. The molecule has 0 bridgehead atoms. The standard InChI is InChI=1S/C12H20N4O2S2/c1-9-8-16(4-5-19-9)20(17,18)12-10(7-14-15-12)6-13-11-2-3-11/h7,9,11,13H,2-6,8H2,1H3,(H,14,15). The summed E-state index contributed by atoms with van der Waals surface area (Å²) in [5.74, 6) is 0.851. The Bertz CT molecular complexity index is 568. The third kappa shape index (κ3) is 3.03. The van der Waals surface area contributed by atoms with Crippen molar-refractivity contribution in [2.24, 2.45) is 0 Å². The van der Waals surface area contributed by atoms with Gasteiger partial charge in [0.25, 0.3) is 10.0 Å². The van der Waals surface area contributed by atoms with E-state index in [1.54, 1.807) is 10.5 Å². The summed E-state index contributed by atoms with van der Waals surface area (Å²) < 4.78 is 27.0. The molecule has 20 heavy (non-hydrogen) atoms. The molecule has 2 heterocycles. The van der Waals surface area contributed by atoms with E-state index in [0.717, 1.165) is 11.3 Å². The minimum atomic E-state index is -3.45. The lowest BCUT2D eigenvalue weighted by molar-refractivity contribution is 0.421. The zero-order valence-electron chi connectivity index (χ0n) is 11.5. The van der Waals surface area contributed by atoms with Gasteiger partial charge in [-0.05, 0) is 12.8 Å². The van der Waals surface area contributed by atoms with E-state index in [2.05, 4.69) is 22.4 Å². The van der Waals surface area contributed by atoms with Crippen molar-refractivity contribution < 1.29 is 8.42 Å². The highest BCUT2D eigenvalue weighted by Gasteiger charge is 2.32. The number of sulfonamides is 1. The normalized spacial score (nSPS) is 24.9. The maximum absolute atomic E-state index is 12.7. The second-order valence-electron chi connectivity index (χ2n) is 5.42. The van der Waals surface area contributed by atoms with Crippen molar-refractivity contribution in [1.82, 2.24) is 19.8 Å². The zero-order valence-corrected chi connectivity index (χ0v) is 13.1. The van der Waals surface area contributed by atoms with Gasteiger partial charge in [-0.3, -0.25) is 5.10 Å². The van der Waals surface area contributed by atoms with Gasteiger partial charge in [-0.2, -0.15) is 21.2 Å². The lowest BCUT2D eigenvalue weighted by Crippen LogP contribution is -2.41. The van der Waals surface area contributed by atoms with Crippen LogP contribution in [0.1, 0.15) is 25.3 Å². The number of aromatic nitrogens is 2. The van der Waals surface area contributed by atoms with Gasteiger partial charge in [0.05, 0.1) is 6.20 Å². The summed E-state index contributed by atoms with van der Waals surface area (Å²) in [4.78, 5) is 0. The summed E-state index contributed by atoms with van der Waals surface area (Å²) in [7, 11) is -3.45. The maximum atomic E-state index is 12.7. The van der Waals surface area contributed by atoms with Gasteiger partial charge in [-0.15, -0.1) is 0 Å². The second-order valence-corrected chi connectivity index (χ2v) is 8.85. The number of thioether (sulfide) groups is 1. The highest BCUT2D eigenvalue weighted by atomic mass is 32.2. The molecule has 1 saturated heterocycles. The van der Waals surface area contributed by atoms with E-state index in [-0.39, 0.29) is 5.03 Å². The molecule has 1 aromatic rings. The lowest BCUT2D eigenvalue weighted by atomic mass is 10.3. The van der Waals surface area contributed by atoms with Crippen molar-refractivity contribution in [3.63, 3.8) is 0 Å².